The first-order valence-electron chi connectivity index (χ1n) is 6.95. The van der Waals surface area contributed by atoms with Crippen LogP contribution in [-0.4, -0.2) is 8.94 Å². The molecule has 2 heterocycles. The molecule has 0 aliphatic heterocycles. The van der Waals surface area contributed by atoms with E-state index in [9.17, 15) is 0 Å². The van der Waals surface area contributed by atoms with Gasteiger partial charge in [0, 0.05) is 38.9 Å². The highest BCUT2D eigenvalue weighted by Gasteiger charge is 2.09. The van der Waals surface area contributed by atoms with Gasteiger partial charge in [0.1, 0.15) is 0 Å². The molecule has 0 bridgehead atoms. The van der Waals surface area contributed by atoms with Gasteiger partial charge in [-0.3, -0.25) is 0 Å². The Hall–Kier alpha value is -1.69. The van der Waals surface area contributed by atoms with E-state index in [1.165, 1.54) is 42.7 Å². The van der Waals surface area contributed by atoms with E-state index in [1.807, 2.05) is 6.07 Å². The van der Waals surface area contributed by atoms with Crippen LogP contribution in [0.5, 0.6) is 0 Å². The van der Waals surface area contributed by atoms with Gasteiger partial charge in [-0.2, -0.15) is 4.37 Å². The highest BCUT2D eigenvalue weighted by atomic mass is 35.5. The Balaban J connectivity index is 2.02. The molecule has 0 aliphatic carbocycles. The number of rotatable bonds is 2. The number of para-hydroxylation sites is 1. The van der Waals surface area contributed by atoms with E-state index in [2.05, 4.69) is 57.3 Å². The molecule has 0 aliphatic rings. The maximum absolute atomic E-state index is 6.04. The summed E-state index contributed by atoms with van der Waals surface area (Å²) in [4.78, 5) is 4.62. The molecule has 4 aromatic rings. The Morgan fingerprint density at radius 1 is 1.14 bits per heavy atom. The summed E-state index contributed by atoms with van der Waals surface area (Å²) in [7, 11) is 2.85. The molecule has 0 spiro atoms. The molecule has 22 heavy (non-hydrogen) atoms. The van der Waals surface area contributed by atoms with Crippen LogP contribution in [0.4, 0.5) is 5.69 Å². The standard InChI is InChI=1S/C16H12ClN3S2/c1-2-20-13-6-4-3-5-11(13)12-9-10(7-8-14(12)20)18-16-15(17)19-22-21-16/h3-9H,2H2,1H3. The third kappa shape index (κ3) is 2.17. The maximum Gasteiger partial charge on any atom is 0.179 e. The van der Waals surface area contributed by atoms with Crippen LogP contribution in [0.15, 0.2) is 47.5 Å². The summed E-state index contributed by atoms with van der Waals surface area (Å²) < 4.78 is 7.17. The number of benzene rings is 2. The lowest BCUT2D eigenvalue weighted by Gasteiger charge is -2.02. The Morgan fingerprint density at radius 2 is 1.95 bits per heavy atom. The third-order valence-corrected chi connectivity index (χ3v) is 5.88. The van der Waals surface area contributed by atoms with Crippen molar-refractivity contribution in [2.24, 2.45) is 4.99 Å². The minimum Gasteiger partial charge on any atom is -0.341 e. The number of aryl methyl sites for hydroxylation is 1. The fraction of sp³-hybridized carbons (Fsp3) is 0.125. The molecule has 0 amide bonds. The summed E-state index contributed by atoms with van der Waals surface area (Å²) >= 11 is 6.04. The van der Waals surface area contributed by atoms with Gasteiger partial charge in [-0.25, -0.2) is 4.99 Å². The predicted octanol–water partition coefficient (Wildman–Crippen LogP) is 5.22. The van der Waals surface area contributed by atoms with Gasteiger partial charge in [0.2, 0.25) is 0 Å². The molecule has 2 aromatic heterocycles. The van der Waals surface area contributed by atoms with E-state index in [0.29, 0.717) is 5.15 Å². The van der Waals surface area contributed by atoms with Gasteiger partial charge in [0.25, 0.3) is 0 Å². The molecule has 0 radical (unpaired) electrons. The monoisotopic (exact) mass is 345 g/mol. The minimum absolute atomic E-state index is 0.478. The lowest BCUT2D eigenvalue weighted by molar-refractivity contribution is 0.827. The van der Waals surface area contributed by atoms with E-state index in [4.69, 9.17) is 11.6 Å². The third-order valence-electron chi connectivity index (χ3n) is 3.71. The zero-order valence-electron chi connectivity index (χ0n) is 11.8. The number of nitrogens with zero attached hydrogens (tertiary/aromatic N) is 3. The average Bonchev–Trinajstić information content (AvgIpc) is 3.08. The van der Waals surface area contributed by atoms with Crippen molar-refractivity contribution in [3.63, 3.8) is 0 Å². The second-order valence-corrected chi connectivity index (χ2v) is 7.11. The van der Waals surface area contributed by atoms with Crippen molar-refractivity contribution < 1.29 is 0 Å². The van der Waals surface area contributed by atoms with Crippen LogP contribution >= 0.6 is 32.5 Å². The SMILES string of the molecule is CCn1c2ccccc2c2cc(N=c3ssnc3Cl)ccc21. The van der Waals surface area contributed by atoms with Gasteiger partial charge in [-0.1, -0.05) is 29.8 Å². The molecule has 110 valence electrons. The summed E-state index contributed by atoms with van der Waals surface area (Å²) in [6.45, 7) is 3.12. The molecule has 0 saturated heterocycles. The lowest BCUT2D eigenvalue weighted by atomic mass is 10.1. The normalized spacial score (nSPS) is 12.5. The first-order chi connectivity index (χ1) is 10.8. The summed E-state index contributed by atoms with van der Waals surface area (Å²) in [6, 6.07) is 14.8. The van der Waals surface area contributed by atoms with Gasteiger partial charge in [0.15, 0.2) is 9.82 Å². The minimum atomic E-state index is 0.478. The van der Waals surface area contributed by atoms with Crippen molar-refractivity contribution in [3.8, 4) is 0 Å². The number of halogens is 1. The fourth-order valence-electron chi connectivity index (χ4n) is 2.79. The van der Waals surface area contributed by atoms with Crippen LogP contribution < -0.4 is 4.67 Å². The second kappa shape index (κ2) is 5.50. The van der Waals surface area contributed by atoms with E-state index >= 15 is 0 Å². The number of hydrogen-bond donors (Lipinski definition) is 0. The van der Waals surface area contributed by atoms with E-state index in [0.717, 1.165) is 16.9 Å². The molecule has 0 N–H and O–H groups in total. The predicted molar refractivity (Wildman–Crippen MR) is 95.3 cm³/mol. The van der Waals surface area contributed by atoms with Crippen molar-refractivity contribution in [3.05, 3.63) is 52.3 Å². The van der Waals surface area contributed by atoms with Crippen molar-refractivity contribution in [1.82, 2.24) is 8.94 Å². The molecule has 0 saturated carbocycles. The molecule has 0 fully saturated rings. The highest BCUT2D eigenvalue weighted by Crippen LogP contribution is 2.31. The number of fused-ring (bicyclic) bond motifs is 3. The van der Waals surface area contributed by atoms with E-state index in [-0.39, 0.29) is 0 Å². The zero-order chi connectivity index (χ0) is 15.1. The Labute approximate surface area is 139 Å². The summed E-state index contributed by atoms with van der Waals surface area (Å²) in [5, 5.41) is 2.96. The summed E-state index contributed by atoms with van der Waals surface area (Å²) in [6.07, 6.45) is 0. The quantitative estimate of drug-likeness (QED) is 0.458. The summed E-state index contributed by atoms with van der Waals surface area (Å²) in [5.41, 5.74) is 3.40. The van der Waals surface area contributed by atoms with Gasteiger partial charge in [0.05, 0.1) is 5.69 Å². The molecular weight excluding hydrogens is 334 g/mol. The zero-order valence-corrected chi connectivity index (χ0v) is 14.2. The van der Waals surface area contributed by atoms with Crippen molar-refractivity contribution >= 4 is 60.0 Å². The van der Waals surface area contributed by atoms with E-state index in [1.54, 1.807) is 0 Å². The van der Waals surface area contributed by atoms with Crippen LogP contribution in [0.1, 0.15) is 6.92 Å². The van der Waals surface area contributed by atoms with Crippen molar-refractivity contribution in [1.29, 1.82) is 0 Å². The largest absolute Gasteiger partial charge is 0.341 e. The van der Waals surface area contributed by atoms with Gasteiger partial charge in [-0.15, -0.1) is 0 Å². The highest BCUT2D eigenvalue weighted by molar-refractivity contribution is 7.66. The van der Waals surface area contributed by atoms with E-state index < -0.39 is 0 Å². The number of aromatic nitrogens is 2. The molecule has 2 aromatic carbocycles. The molecule has 0 atom stereocenters. The van der Waals surface area contributed by atoms with Crippen molar-refractivity contribution in [2.75, 3.05) is 0 Å². The molecule has 0 unspecified atom stereocenters. The van der Waals surface area contributed by atoms with Gasteiger partial charge >= 0.3 is 0 Å². The topological polar surface area (TPSA) is 30.2 Å². The van der Waals surface area contributed by atoms with Crippen LogP contribution in [-0.2, 0) is 6.54 Å². The van der Waals surface area contributed by atoms with Gasteiger partial charge < -0.3 is 4.57 Å². The lowest BCUT2D eigenvalue weighted by Crippen LogP contribution is -1.93. The van der Waals surface area contributed by atoms with Crippen LogP contribution in [0.3, 0.4) is 0 Å². The first kappa shape index (κ1) is 13.9. The summed E-state index contributed by atoms with van der Waals surface area (Å²) in [5.74, 6) is 0. The van der Waals surface area contributed by atoms with Crippen LogP contribution in [0.25, 0.3) is 21.8 Å². The Morgan fingerprint density at radius 3 is 2.73 bits per heavy atom. The Bertz CT molecular complexity index is 1040. The number of hydrogen-bond acceptors (Lipinski definition) is 4. The second-order valence-electron chi connectivity index (χ2n) is 4.92. The molecular formula is C16H12ClN3S2. The Kier molecular flexibility index (Phi) is 3.48. The maximum atomic E-state index is 6.04. The molecule has 3 nitrogen and oxygen atoms in total. The van der Waals surface area contributed by atoms with Crippen molar-refractivity contribution in [2.45, 2.75) is 13.5 Å². The average molecular weight is 346 g/mol. The van der Waals surface area contributed by atoms with Gasteiger partial charge in [-0.05, 0) is 41.5 Å². The first-order valence-corrected chi connectivity index (χ1v) is 9.43. The van der Waals surface area contributed by atoms with Crippen LogP contribution in [0.2, 0.25) is 5.15 Å². The smallest absolute Gasteiger partial charge is 0.179 e. The molecule has 6 heteroatoms. The fourth-order valence-corrected chi connectivity index (χ4v) is 4.79. The van der Waals surface area contributed by atoms with Crippen LogP contribution in [0, 0.1) is 0 Å². The molecule has 4 rings (SSSR count).